The molecule has 7 nitrogen and oxygen atoms in total. The van der Waals surface area contributed by atoms with Gasteiger partial charge in [0.2, 0.25) is 0 Å². The van der Waals surface area contributed by atoms with Crippen molar-refractivity contribution in [3.8, 4) is 33.9 Å². The summed E-state index contributed by atoms with van der Waals surface area (Å²) < 4.78 is 5.43. The van der Waals surface area contributed by atoms with Gasteiger partial charge in [-0.1, -0.05) is 62.5 Å². The number of aromatic nitrogens is 1. The number of nitrogens with one attached hydrogen (secondary N) is 1. The highest BCUT2D eigenvalue weighted by Crippen LogP contribution is 2.43. The predicted molar refractivity (Wildman–Crippen MR) is 125 cm³/mol. The van der Waals surface area contributed by atoms with E-state index in [2.05, 4.69) is 10.5 Å². The molecule has 2 aromatic carbocycles. The lowest BCUT2D eigenvalue weighted by atomic mass is 9.94. The smallest absolute Gasteiger partial charge is 0.358 e. The van der Waals surface area contributed by atoms with E-state index in [4.69, 9.17) is 4.52 Å². The number of benzene rings is 2. The van der Waals surface area contributed by atoms with E-state index in [1.807, 2.05) is 38.1 Å². The van der Waals surface area contributed by atoms with Crippen LogP contribution in [0.4, 0.5) is 0 Å². The molecule has 0 saturated heterocycles. The van der Waals surface area contributed by atoms with Crippen molar-refractivity contribution >= 4 is 5.97 Å². The summed E-state index contributed by atoms with van der Waals surface area (Å²) >= 11 is 0. The number of phenolic OH excluding ortho intramolecular Hbond substituents is 2. The number of hydrogen-bond donors (Lipinski definition) is 4. The minimum atomic E-state index is -1.22. The second-order valence-electron chi connectivity index (χ2n) is 9.04. The molecule has 0 radical (unpaired) electrons. The van der Waals surface area contributed by atoms with Crippen LogP contribution >= 0.6 is 0 Å². The van der Waals surface area contributed by atoms with E-state index in [0.717, 1.165) is 12.1 Å². The van der Waals surface area contributed by atoms with Gasteiger partial charge in [0.15, 0.2) is 11.5 Å². The number of carboxylic acids is 1. The van der Waals surface area contributed by atoms with E-state index in [9.17, 15) is 20.1 Å². The van der Waals surface area contributed by atoms with Gasteiger partial charge >= 0.3 is 5.97 Å². The van der Waals surface area contributed by atoms with Crippen molar-refractivity contribution in [1.82, 2.24) is 10.5 Å². The normalized spacial score (nSPS) is 14.6. The first-order chi connectivity index (χ1) is 15.8. The lowest BCUT2D eigenvalue weighted by Crippen LogP contribution is -2.30. The zero-order valence-corrected chi connectivity index (χ0v) is 19.0. The summed E-state index contributed by atoms with van der Waals surface area (Å²) in [7, 11) is 0. The maximum atomic E-state index is 11.9. The average molecular weight is 451 g/mol. The summed E-state index contributed by atoms with van der Waals surface area (Å²) in [5, 5.41) is 37.8. The Kier molecular flexibility index (Phi) is 6.70. The third-order valence-corrected chi connectivity index (χ3v) is 6.35. The molecule has 0 bridgehead atoms. The molecule has 1 saturated carbocycles. The van der Waals surface area contributed by atoms with Crippen LogP contribution in [0.2, 0.25) is 0 Å². The fraction of sp³-hybridized carbons (Fsp3) is 0.385. The Balaban J connectivity index is 1.67. The van der Waals surface area contributed by atoms with Crippen molar-refractivity contribution in [2.45, 2.75) is 64.5 Å². The van der Waals surface area contributed by atoms with E-state index < -0.39 is 5.97 Å². The van der Waals surface area contributed by atoms with Gasteiger partial charge in [-0.15, -0.1) is 0 Å². The van der Waals surface area contributed by atoms with Gasteiger partial charge in [0, 0.05) is 18.7 Å². The molecule has 0 unspecified atom stereocenters. The summed E-state index contributed by atoms with van der Waals surface area (Å²) in [6.07, 6.45) is 6.27. The van der Waals surface area contributed by atoms with E-state index in [1.54, 1.807) is 6.07 Å². The Morgan fingerprint density at radius 3 is 2.42 bits per heavy atom. The fourth-order valence-corrected chi connectivity index (χ4v) is 4.48. The average Bonchev–Trinajstić information content (AvgIpc) is 3.24. The topological polar surface area (TPSA) is 116 Å². The Morgan fingerprint density at radius 2 is 1.79 bits per heavy atom. The number of rotatable bonds is 7. The number of phenols is 2. The summed E-state index contributed by atoms with van der Waals surface area (Å²) in [5.74, 6) is -1.31. The molecule has 1 aromatic heterocycles. The molecule has 7 heteroatoms. The summed E-state index contributed by atoms with van der Waals surface area (Å²) in [6.45, 7) is 4.59. The summed E-state index contributed by atoms with van der Waals surface area (Å²) in [4.78, 5) is 11.9. The summed E-state index contributed by atoms with van der Waals surface area (Å²) in [5.41, 5.74) is 2.71. The molecule has 1 fully saturated rings. The van der Waals surface area contributed by atoms with Crippen molar-refractivity contribution in [2.75, 3.05) is 0 Å². The Morgan fingerprint density at radius 1 is 1.09 bits per heavy atom. The first-order valence-electron chi connectivity index (χ1n) is 11.5. The van der Waals surface area contributed by atoms with Gasteiger partial charge in [0.1, 0.15) is 11.5 Å². The molecular weight excluding hydrogens is 420 g/mol. The Hall–Kier alpha value is -3.32. The van der Waals surface area contributed by atoms with Crippen LogP contribution in [0.25, 0.3) is 22.5 Å². The number of hydrogen-bond acceptors (Lipinski definition) is 6. The molecular formula is C26H30N2O5. The molecule has 0 atom stereocenters. The van der Waals surface area contributed by atoms with Crippen molar-refractivity contribution < 1.29 is 24.6 Å². The molecule has 0 amide bonds. The second-order valence-corrected chi connectivity index (χ2v) is 9.04. The van der Waals surface area contributed by atoms with Crippen molar-refractivity contribution in [2.24, 2.45) is 0 Å². The second kappa shape index (κ2) is 9.67. The molecule has 174 valence electrons. The lowest BCUT2D eigenvalue weighted by Gasteiger charge is -2.22. The van der Waals surface area contributed by atoms with Crippen molar-refractivity contribution in [3.05, 3.63) is 53.2 Å². The maximum Gasteiger partial charge on any atom is 0.358 e. The van der Waals surface area contributed by atoms with Gasteiger partial charge in [-0.2, -0.15) is 0 Å². The van der Waals surface area contributed by atoms with Gasteiger partial charge in [-0.3, -0.25) is 0 Å². The first-order valence-corrected chi connectivity index (χ1v) is 11.5. The third-order valence-electron chi connectivity index (χ3n) is 6.35. The van der Waals surface area contributed by atoms with Crippen LogP contribution in [0.3, 0.4) is 0 Å². The van der Waals surface area contributed by atoms with Gasteiger partial charge in [-0.25, -0.2) is 4.79 Å². The van der Waals surface area contributed by atoms with E-state index >= 15 is 0 Å². The van der Waals surface area contributed by atoms with E-state index in [1.165, 1.54) is 38.2 Å². The number of aromatic hydroxyl groups is 2. The highest BCUT2D eigenvalue weighted by molar-refractivity contribution is 5.99. The number of carboxylic acid groups (broad SMARTS) is 1. The van der Waals surface area contributed by atoms with Crippen LogP contribution in [0.15, 0.2) is 40.9 Å². The van der Waals surface area contributed by atoms with Crippen LogP contribution in [-0.4, -0.2) is 32.5 Å². The van der Waals surface area contributed by atoms with Crippen LogP contribution < -0.4 is 5.32 Å². The molecule has 4 rings (SSSR count). The molecule has 1 aliphatic carbocycles. The zero-order valence-electron chi connectivity index (χ0n) is 19.0. The van der Waals surface area contributed by atoms with E-state index in [0.29, 0.717) is 22.7 Å². The molecule has 33 heavy (non-hydrogen) atoms. The maximum absolute atomic E-state index is 11.9. The molecule has 3 aromatic rings. The quantitative estimate of drug-likeness (QED) is 0.367. The van der Waals surface area contributed by atoms with Crippen LogP contribution in [-0.2, 0) is 6.54 Å². The highest BCUT2D eigenvalue weighted by Gasteiger charge is 2.27. The largest absolute Gasteiger partial charge is 0.508 e. The zero-order chi connectivity index (χ0) is 23.5. The van der Waals surface area contributed by atoms with Gasteiger partial charge in [0.25, 0.3) is 0 Å². The lowest BCUT2D eigenvalue weighted by molar-refractivity contribution is 0.0686. The highest BCUT2D eigenvalue weighted by atomic mass is 16.5. The number of aromatic carboxylic acids is 1. The molecule has 0 aliphatic heterocycles. The van der Waals surface area contributed by atoms with Crippen molar-refractivity contribution in [1.29, 1.82) is 0 Å². The summed E-state index contributed by atoms with van der Waals surface area (Å²) in [6, 6.07) is 11.0. The van der Waals surface area contributed by atoms with Crippen molar-refractivity contribution in [3.63, 3.8) is 0 Å². The fourth-order valence-electron chi connectivity index (χ4n) is 4.48. The monoisotopic (exact) mass is 450 g/mol. The minimum Gasteiger partial charge on any atom is -0.508 e. The minimum absolute atomic E-state index is 0.00869. The van der Waals surface area contributed by atoms with Gasteiger partial charge < -0.3 is 25.2 Å². The first kappa shape index (κ1) is 22.9. The van der Waals surface area contributed by atoms with E-state index in [-0.39, 0.29) is 34.4 Å². The SMILES string of the molecule is CC(C)c1cc(-c2onc(C(=O)O)c2-c2ccc(CNC3CCCCC3)cc2)c(O)cc1O. The predicted octanol–water partition coefficient (Wildman–Crippen LogP) is 5.66. The molecule has 1 aliphatic rings. The Bertz CT molecular complexity index is 1130. The van der Waals surface area contributed by atoms with Crippen LogP contribution in [0, 0.1) is 0 Å². The van der Waals surface area contributed by atoms with Crippen LogP contribution in [0.1, 0.15) is 73.5 Å². The molecule has 0 spiro atoms. The molecule has 4 N–H and O–H groups in total. The molecule has 1 heterocycles. The van der Waals surface area contributed by atoms with Gasteiger partial charge in [0.05, 0.1) is 11.1 Å². The number of carbonyl (C=O) groups is 1. The standard InChI is InChI=1S/C26H30N2O5/c1-15(2)19-12-20(22(30)13-21(19)29)25-23(24(26(31)32)28-33-25)17-10-8-16(9-11-17)14-27-18-6-4-3-5-7-18/h8-13,15,18,27,29-30H,3-7,14H2,1-2H3,(H,31,32). The third kappa shape index (κ3) is 4.88. The van der Waals surface area contributed by atoms with Gasteiger partial charge in [-0.05, 0) is 41.5 Å². The van der Waals surface area contributed by atoms with Crippen LogP contribution in [0.5, 0.6) is 11.5 Å². The number of nitrogens with zero attached hydrogens (tertiary/aromatic N) is 1. The Labute approximate surface area is 193 Å².